The van der Waals surface area contributed by atoms with Gasteiger partial charge in [0.25, 0.3) is 0 Å². The molecule has 0 aliphatic carbocycles. The molecular weight excluding hydrogens is 142 g/mol. The number of rotatable bonds is 3. The zero-order valence-electron chi connectivity index (χ0n) is 5.13. The van der Waals surface area contributed by atoms with Crippen LogP contribution in [-0.2, 0) is 9.59 Å². The minimum atomic E-state index is -0.233. The van der Waals surface area contributed by atoms with Gasteiger partial charge in [-0.3, -0.25) is 4.79 Å². The van der Waals surface area contributed by atoms with Gasteiger partial charge in [-0.25, -0.2) is 0 Å². The molecule has 0 fully saturated rings. The van der Waals surface area contributed by atoms with Crippen molar-refractivity contribution in [1.82, 2.24) is 4.90 Å². The van der Waals surface area contributed by atoms with Crippen LogP contribution < -0.4 is 0 Å². The van der Waals surface area contributed by atoms with Crippen LogP contribution in [0.1, 0.15) is 0 Å². The normalized spacial score (nSPS) is 8.67. The Morgan fingerprint density at radius 1 is 1.78 bits per heavy atom. The van der Waals surface area contributed by atoms with E-state index in [-0.39, 0.29) is 18.3 Å². The minimum absolute atomic E-state index is 0.0651. The molecule has 52 valence electrons. The summed E-state index contributed by atoms with van der Waals surface area (Å²) in [5.41, 5.74) is 0. The summed E-state index contributed by atoms with van der Waals surface area (Å²) in [5, 5.41) is 0. The van der Waals surface area contributed by atoms with Gasteiger partial charge in [-0.05, 0) is 0 Å². The first-order valence-electron chi connectivity index (χ1n) is 2.46. The monoisotopic (exact) mass is 149 g/mol. The van der Waals surface area contributed by atoms with E-state index in [1.807, 2.05) is 0 Å². The van der Waals surface area contributed by atoms with Crippen LogP contribution in [0.3, 0.4) is 0 Å². The zero-order valence-corrected chi connectivity index (χ0v) is 5.89. The van der Waals surface area contributed by atoms with Crippen LogP contribution in [0.5, 0.6) is 0 Å². The molecule has 0 radical (unpaired) electrons. The summed E-state index contributed by atoms with van der Waals surface area (Å²) in [6.07, 6.45) is 0.657. The number of alkyl halides is 1. The summed E-state index contributed by atoms with van der Waals surface area (Å²) in [5.74, 6) is -0.298. The van der Waals surface area contributed by atoms with Gasteiger partial charge < -0.3 is 9.69 Å². The van der Waals surface area contributed by atoms with Crippen molar-refractivity contribution in [3.63, 3.8) is 0 Å². The lowest BCUT2D eigenvalue weighted by Gasteiger charge is -2.09. The Labute approximate surface area is 58.6 Å². The number of halogens is 1. The molecule has 0 saturated heterocycles. The summed E-state index contributed by atoms with van der Waals surface area (Å²) in [7, 11) is 1.53. The maximum absolute atomic E-state index is 10.5. The first kappa shape index (κ1) is 8.43. The van der Waals surface area contributed by atoms with E-state index < -0.39 is 0 Å². The van der Waals surface area contributed by atoms with Crippen LogP contribution in [-0.4, -0.2) is 36.6 Å². The molecule has 9 heavy (non-hydrogen) atoms. The van der Waals surface area contributed by atoms with E-state index in [0.717, 1.165) is 0 Å². The maximum Gasteiger partial charge on any atom is 0.237 e. The van der Waals surface area contributed by atoms with Crippen LogP contribution in [0.15, 0.2) is 0 Å². The Bertz CT molecular complexity index is 116. The van der Waals surface area contributed by atoms with E-state index in [1.54, 1.807) is 0 Å². The molecule has 0 unspecified atom stereocenters. The lowest BCUT2D eigenvalue weighted by Crippen LogP contribution is -2.29. The molecule has 4 heteroatoms. The highest BCUT2D eigenvalue weighted by atomic mass is 35.5. The summed E-state index contributed by atoms with van der Waals surface area (Å²) >= 11 is 5.18. The van der Waals surface area contributed by atoms with Crippen molar-refractivity contribution < 1.29 is 9.59 Å². The van der Waals surface area contributed by atoms with E-state index in [4.69, 9.17) is 11.6 Å². The van der Waals surface area contributed by atoms with Gasteiger partial charge in [0, 0.05) is 7.05 Å². The predicted octanol–water partition coefficient (Wildman–Crippen LogP) is -0.118. The molecule has 0 rings (SSSR count). The Morgan fingerprint density at radius 3 is 2.67 bits per heavy atom. The molecule has 0 aromatic heterocycles. The average molecular weight is 150 g/mol. The molecule has 0 spiro atoms. The van der Waals surface area contributed by atoms with Crippen LogP contribution in [0, 0.1) is 0 Å². The van der Waals surface area contributed by atoms with Crippen LogP contribution in [0.25, 0.3) is 0 Å². The van der Waals surface area contributed by atoms with Gasteiger partial charge >= 0.3 is 0 Å². The van der Waals surface area contributed by atoms with Gasteiger partial charge in [0.05, 0.1) is 6.54 Å². The molecule has 3 nitrogen and oxygen atoms in total. The molecule has 0 aromatic carbocycles. The minimum Gasteiger partial charge on any atom is -0.338 e. The molecule has 0 bridgehead atoms. The standard InChI is InChI=1S/C5H8ClNO2/c1-7(2-3-8)5(9)4-6/h3H,2,4H2,1H3. The molecular formula is C5H8ClNO2. The number of hydrogen-bond acceptors (Lipinski definition) is 2. The van der Waals surface area contributed by atoms with Gasteiger partial charge in [-0.15, -0.1) is 11.6 Å². The fourth-order valence-electron chi connectivity index (χ4n) is 0.316. The van der Waals surface area contributed by atoms with E-state index >= 15 is 0 Å². The van der Waals surface area contributed by atoms with Crippen LogP contribution in [0.4, 0.5) is 0 Å². The number of aldehydes is 1. The van der Waals surface area contributed by atoms with E-state index in [0.29, 0.717) is 6.29 Å². The third-order valence-corrected chi connectivity index (χ3v) is 1.12. The van der Waals surface area contributed by atoms with Crippen molar-refractivity contribution in [2.45, 2.75) is 0 Å². The maximum atomic E-state index is 10.5. The SMILES string of the molecule is CN(CC=O)C(=O)CCl. The van der Waals surface area contributed by atoms with Gasteiger partial charge in [0.15, 0.2) is 0 Å². The number of hydrogen-bond donors (Lipinski definition) is 0. The lowest BCUT2D eigenvalue weighted by molar-refractivity contribution is -0.129. The molecule has 0 saturated carbocycles. The smallest absolute Gasteiger partial charge is 0.237 e. The number of nitrogens with zero attached hydrogens (tertiary/aromatic N) is 1. The second-order valence-corrected chi connectivity index (χ2v) is 1.84. The quantitative estimate of drug-likeness (QED) is 0.415. The topological polar surface area (TPSA) is 37.4 Å². The van der Waals surface area contributed by atoms with Gasteiger partial charge in [-0.2, -0.15) is 0 Å². The van der Waals surface area contributed by atoms with Gasteiger partial charge in [-0.1, -0.05) is 0 Å². The Balaban J connectivity index is 3.58. The highest BCUT2D eigenvalue weighted by Gasteiger charge is 2.03. The molecule has 0 aliphatic heterocycles. The van der Waals surface area contributed by atoms with Crippen molar-refractivity contribution in [2.75, 3.05) is 19.5 Å². The van der Waals surface area contributed by atoms with E-state index in [2.05, 4.69) is 0 Å². The highest BCUT2D eigenvalue weighted by Crippen LogP contribution is 1.84. The number of amides is 1. The summed E-state index contributed by atoms with van der Waals surface area (Å²) in [4.78, 5) is 21.6. The first-order valence-corrected chi connectivity index (χ1v) is 2.99. The summed E-state index contributed by atoms with van der Waals surface area (Å²) in [6, 6.07) is 0. The van der Waals surface area contributed by atoms with Crippen molar-refractivity contribution in [3.05, 3.63) is 0 Å². The number of carbonyl (C=O) groups excluding carboxylic acids is 2. The second-order valence-electron chi connectivity index (χ2n) is 1.57. The van der Waals surface area contributed by atoms with Gasteiger partial charge in [0.2, 0.25) is 5.91 Å². The second kappa shape index (κ2) is 4.32. The third-order valence-electron chi connectivity index (χ3n) is 0.888. The van der Waals surface area contributed by atoms with Crippen molar-refractivity contribution in [3.8, 4) is 0 Å². The summed E-state index contributed by atoms with van der Waals surface area (Å²) < 4.78 is 0. The van der Waals surface area contributed by atoms with E-state index in [1.165, 1.54) is 11.9 Å². The molecule has 1 amide bonds. The first-order chi connectivity index (χ1) is 4.22. The molecule has 0 atom stereocenters. The Kier molecular flexibility index (Phi) is 4.05. The predicted molar refractivity (Wildman–Crippen MR) is 34.4 cm³/mol. The third kappa shape index (κ3) is 3.08. The van der Waals surface area contributed by atoms with Gasteiger partial charge in [0.1, 0.15) is 12.2 Å². The van der Waals surface area contributed by atoms with Crippen molar-refractivity contribution >= 4 is 23.8 Å². The fraction of sp³-hybridized carbons (Fsp3) is 0.600. The Morgan fingerprint density at radius 2 is 2.33 bits per heavy atom. The largest absolute Gasteiger partial charge is 0.338 e. The molecule has 0 aliphatic rings. The molecule has 0 aromatic rings. The fourth-order valence-corrected chi connectivity index (χ4v) is 0.520. The van der Waals surface area contributed by atoms with Crippen molar-refractivity contribution in [2.24, 2.45) is 0 Å². The zero-order chi connectivity index (χ0) is 7.28. The lowest BCUT2D eigenvalue weighted by atomic mass is 10.5. The molecule has 0 heterocycles. The van der Waals surface area contributed by atoms with E-state index in [9.17, 15) is 9.59 Å². The number of likely N-dealkylation sites (N-methyl/N-ethyl adjacent to an activating group) is 1. The van der Waals surface area contributed by atoms with Crippen LogP contribution in [0.2, 0.25) is 0 Å². The number of carbonyl (C=O) groups is 2. The van der Waals surface area contributed by atoms with Crippen LogP contribution >= 0.6 is 11.6 Å². The highest BCUT2D eigenvalue weighted by molar-refractivity contribution is 6.27. The van der Waals surface area contributed by atoms with Crippen molar-refractivity contribution in [1.29, 1.82) is 0 Å². The molecule has 0 N–H and O–H groups in total. The Hall–Kier alpha value is -0.570. The average Bonchev–Trinajstić information content (AvgIpc) is 1.87. The summed E-state index contributed by atoms with van der Waals surface area (Å²) in [6.45, 7) is 0.117.